The van der Waals surface area contributed by atoms with Crippen molar-refractivity contribution in [3.8, 4) is 0 Å². The number of rotatable bonds is 4. The average Bonchev–Trinajstić information content (AvgIpc) is 2.42. The Morgan fingerprint density at radius 3 is 2.40 bits per heavy atom. The molecule has 0 aromatic heterocycles. The summed E-state index contributed by atoms with van der Waals surface area (Å²) in [5.74, 6) is 0.698. The Morgan fingerprint density at radius 2 is 2.00 bits per heavy atom. The summed E-state index contributed by atoms with van der Waals surface area (Å²) in [6.45, 7) is 8.18. The van der Waals surface area contributed by atoms with Crippen LogP contribution in [0.25, 0.3) is 0 Å². The lowest BCUT2D eigenvalue weighted by Crippen LogP contribution is -2.36. The largest absolute Gasteiger partial charge is 0.303 e. The number of carbonyl (C=O) groups excluding carboxylic acids is 2. The molecule has 0 saturated heterocycles. The predicted octanol–water partition coefficient (Wildman–Crippen LogP) is 3.00. The SMILES string of the molecule is CCC(=O)C[C@H]1CC[C@@](C)(C=O)C1(C)C. The third kappa shape index (κ3) is 1.99. The van der Waals surface area contributed by atoms with Crippen molar-refractivity contribution >= 4 is 12.1 Å². The van der Waals surface area contributed by atoms with E-state index in [1.807, 2.05) is 13.8 Å². The first-order valence-electron chi connectivity index (χ1n) is 5.85. The molecule has 1 rings (SSSR count). The molecule has 2 nitrogen and oxygen atoms in total. The van der Waals surface area contributed by atoms with Gasteiger partial charge in [-0.3, -0.25) is 4.79 Å². The van der Waals surface area contributed by atoms with Gasteiger partial charge >= 0.3 is 0 Å². The van der Waals surface area contributed by atoms with Crippen LogP contribution in [0.1, 0.15) is 53.4 Å². The number of Topliss-reactive ketones (excluding diaryl/α,β-unsaturated/α-hetero) is 1. The van der Waals surface area contributed by atoms with Crippen LogP contribution in [0.5, 0.6) is 0 Å². The highest BCUT2D eigenvalue weighted by Crippen LogP contribution is 2.55. The van der Waals surface area contributed by atoms with Gasteiger partial charge in [-0.2, -0.15) is 0 Å². The molecular formula is C13H22O2. The van der Waals surface area contributed by atoms with E-state index in [0.29, 0.717) is 24.5 Å². The normalized spacial score (nSPS) is 34.0. The van der Waals surface area contributed by atoms with Crippen molar-refractivity contribution in [1.82, 2.24) is 0 Å². The fourth-order valence-corrected chi connectivity index (χ4v) is 2.61. The van der Waals surface area contributed by atoms with Crippen molar-refractivity contribution in [2.24, 2.45) is 16.7 Å². The van der Waals surface area contributed by atoms with Crippen LogP contribution < -0.4 is 0 Å². The molecule has 15 heavy (non-hydrogen) atoms. The third-order valence-corrected chi connectivity index (χ3v) is 4.63. The summed E-state index contributed by atoms with van der Waals surface area (Å²) in [6, 6.07) is 0. The minimum atomic E-state index is -0.244. The summed E-state index contributed by atoms with van der Waals surface area (Å²) in [7, 11) is 0. The highest BCUT2D eigenvalue weighted by Gasteiger charge is 2.51. The average molecular weight is 210 g/mol. The molecule has 1 aliphatic carbocycles. The third-order valence-electron chi connectivity index (χ3n) is 4.63. The molecule has 0 heterocycles. The van der Waals surface area contributed by atoms with Crippen molar-refractivity contribution in [2.45, 2.75) is 53.4 Å². The first-order valence-corrected chi connectivity index (χ1v) is 5.85. The second-order valence-corrected chi connectivity index (χ2v) is 5.59. The van der Waals surface area contributed by atoms with Crippen LogP contribution in [-0.4, -0.2) is 12.1 Å². The smallest absolute Gasteiger partial charge is 0.132 e. The van der Waals surface area contributed by atoms with Crippen LogP contribution in [0.2, 0.25) is 0 Å². The molecule has 0 amide bonds. The zero-order valence-corrected chi connectivity index (χ0v) is 10.3. The van der Waals surface area contributed by atoms with Gasteiger partial charge in [0.2, 0.25) is 0 Å². The maximum absolute atomic E-state index is 11.5. The topological polar surface area (TPSA) is 34.1 Å². The van der Waals surface area contributed by atoms with Gasteiger partial charge in [0.1, 0.15) is 12.1 Å². The van der Waals surface area contributed by atoms with Gasteiger partial charge in [0.25, 0.3) is 0 Å². The van der Waals surface area contributed by atoms with Crippen molar-refractivity contribution in [3.05, 3.63) is 0 Å². The Balaban J connectivity index is 2.79. The number of carbonyl (C=O) groups is 2. The van der Waals surface area contributed by atoms with Gasteiger partial charge in [-0.15, -0.1) is 0 Å². The quantitative estimate of drug-likeness (QED) is 0.668. The second-order valence-electron chi connectivity index (χ2n) is 5.59. The molecule has 2 atom stereocenters. The Morgan fingerprint density at radius 1 is 1.40 bits per heavy atom. The van der Waals surface area contributed by atoms with E-state index in [4.69, 9.17) is 0 Å². The van der Waals surface area contributed by atoms with Crippen LogP contribution in [0.15, 0.2) is 0 Å². The Kier molecular flexibility index (Phi) is 3.37. The van der Waals surface area contributed by atoms with Gasteiger partial charge < -0.3 is 4.79 Å². The Bertz CT molecular complexity index is 268. The van der Waals surface area contributed by atoms with Crippen LogP contribution in [0, 0.1) is 16.7 Å². The van der Waals surface area contributed by atoms with Crippen LogP contribution in [0.4, 0.5) is 0 Å². The van der Waals surface area contributed by atoms with Crippen LogP contribution in [-0.2, 0) is 9.59 Å². The van der Waals surface area contributed by atoms with E-state index in [2.05, 4.69) is 13.8 Å². The standard InChI is InChI=1S/C13H22O2/c1-5-11(15)8-10-6-7-13(4,9-14)12(10,2)3/h9-10H,5-8H2,1-4H3/t10-,13+/m1/s1. The molecule has 86 valence electrons. The predicted molar refractivity (Wildman–Crippen MR) is 60.6 cm³/mol. The first kappa shape index (κ1) is 12.4. The summed E-state index contributed by atoms with van der Waals surface area (Å²) in [5, 5.41) is 0. The molecule has 0 N–H and O–H groups in total. The maximum atomic E-state index is 11.5. The molecule has 1 aliphatic rings. The zero-order chi connectivity index (χ0) is 11.7. The number of aldehydes is 1. The molecular weight excluding hydrogens is 188 g/mol. The van der Waals surface area contributed by atoms with E-state index in [0.717, 1.165) is 19.1 Å². The first-order chi connectivity index (χ1) is 6.87. The van der Waals surface area contributed by atoms with E-state index in [9.17, 15) is 9.59 Å². The van der Waals surface area contributed by atoms with Gasteiger partial charge in [-0.1, -0.05) is 27.7 Å². The van der Waals surface area contributed by atoms with E-state index in [1.54, 1.807) is 0 Å². The van der Waals surface area contributed by atoms with Crippen LogP contribution >= 0.6 is 0 Å². The molecule has 0 radical (unpaired) electrons. The lowest BCUT2D eigenvalue weighted by Gasteiger charge is -2.37. The summed E-state index contributed by atoms with van der Waals surface area (Å²) < 4.78 is 0. The number of hydrogen-bond acceptors (Lipinski definition) is 2. The number of ketones is 1. The van der Waals surface area contributed by atoms with Gasteiger partial charge in [0.05, 0.1) is 0 Å². The highest BCUT2D eigenvalue weighted by atomic mass is 16.1. The molecule has 0 bridgehead atoms. The van der Waals surface area contributed by atoms with Crippen molar-refractivity contribution in [2.75, 3.05) is 0 Å². The van der Waals surface area contributed by atoms with Gasteiger partial charge in [-0.25, -0.2) is 0 Å². The minimum absolute atomic E-state index is 0.0421. The molecule has 1 saturated carbocycles. The van der Waals surface area contributed by atoms with E-state index >= 15 is 0 Å². The molecule has 0 aromatic carbocycles. The molecule has 0 aromatic rings. The lowest BCUT2D eigenvalue weighted by molar-refractivity contribution is -0.124. The van der Waals surface area contributed by atoms with E-state index < -0.39 is 0 Å². The van der Waals surface area contributed by atoms with Gasteiger partial charge in [0.15, 0.2) is 0 Å². The van der Waals surface area contributed by atoms with Crippen molar-refractivity contribution in [1.29, 1.82) is 0 Å². The lowest BCUT2D eigenvalue weighted by atomic mass is 9.65. The fourth-order valence-electron chi connectivity index (χ4n) is 2.61. The molecule has 0 aliphatic heterocycles. The summed E-state index contributed by atoms with van der Waals surface area (Å²) in [4.78, 5) is 22.6. The molecule has 0 spiro atoms. The zero-order valence-electron chi connectivity index (χ0n) is 10.3. The summed E-state index contributed by atoms with van der Waals surface area (Å²) in [6.07, 6.45) is 4.28. The molecule has 1 fully saturated rings. The van der Waals surface area contributed by atoms with Gasteiger partial charge in [-0.05, 0) is 24.2 Å². The fraction of sp³-hybridized carbons (Fsp3) is 0.846. The van der Waals surface area contributed by atoms with E-state index in [1.165, 1.54) is 0 Å². The Labute approximate surface area is 92.4 Å². The second kappa shape index (κ2) is 4.07. The minimum Gasteiger partial charge on any atom is -0.303 e. The molecule has 0 unspecified atom stereocenters. The maximum Gasteiger partial charge on any atom is 0.132 e. The van der Waals surface area contributed by atoms with Crippen molar-refractivity contribution in [3.63, 3.8) is 0 Å². The van der Waals surface area contributed by atoms with E-state index in [-0.39, 0.29) is 10.8 Å². The summed E-state index contributed by atoms with van der Waals surface area (Å²) >= 11 is 0. The summed E-state index contributed by atoms with van der Waals surface area (Å²) in [5.41, 5.74) is -0.286. The highest BCUT2D eigenvalue weighted by molar-refractivity contribution is 5.78. The van der Waals surface area contributed by atoms with Crippen molar-refractivity contribution < 1.29 is 9.59 Å². The number of hydrogen-bond donors (Lipinski definition) is 0. The van der Waals surface area contributed by atoms with Gasteiger partial charge in [0, 0.05) is 18.3 Å². The monoisotopic (exact) mass is 210 g/mol. The molecule has 2 heteroatoms. The van der Waals surface area contributed by atoms with Crippen LogP contribution in [0.3, 0.4) is 0 Å². The Hall–Kier alpha value is -0.660.